The number of benzene rings is 2. The van der Waals surface area contributed by atoms with Gasteiger partial charge in [-0.05, 0) is 62.6 Å². The fraction of sp³-hybridized carbons (Fsp3) is 0.556. The van der Waals surface area contributed by atoms with E-state index in [1.165, 1.54) is 39.9 Å². The molecular formula is C27H39N. The number of para-hydroxylation sites is 1. The van der Waals surface area contributed by atoms with Crippen molar-refractivity contribution in [1.29, 1.82) is 0 Å². The van der Waals surface area contributed by atoms with E-state index in [9.17, 15) is 0 Å². The van der Waals surface area contributed by atoms with Gasteiger partial charge < -0.3 is 4.90 Å². The molecule has 1 atom stereocenters. The van der Waals surface area contributed by atoms with Crippen LogP contribution in [-0.4, -0.2) is 12.1 Å². The molecule has 1 fully saturated rings. The lowest BCUT2D eigenvalue weighted by Crippen LogP contribution is -2.39. The van der Waals surface area contributed by atoms with Crippen molar-refractivity contribution < 1.29 is 0 Å². The van der Waals surface area contributed by atoms with Crippen molar-refractivity contribution in [3.05, 3.63) is 64.2 Å². The Labute approximate surface area is 173 Å². The summed E-state index contributed by atoms with van der Waals surface area (Å²) in [4.78, 5) is 2.73. The molecule has 0 saturated carbocycles. The second-order valence-corrected chi connectivity index (χ2v) is 10.6. The second kappa shape index (κ2) is 7.25. The van der Waals surface area contributed by atoms with Crippen LogP contribution < -0.4 is 4.90 Å². The first-order valence-electron chi connectivity index (χ1n) is 10.9. The quantitative estimate of drug-likeness (QED) is 0.533. The van der Waals surface area contributed by atoms with Crippen LogP contribution in [0.15, 0.2) is 36.4 Å². The average Bonchev–Trinajstić information content (AvgIpc) is 2.83. The van der Waals surface area contributed by atoms with Gasteiger partial charge in [-0.15, -0.1) is 0 Å². The normalized spacial score (nSPS) is 21.8. The molecule has 1 aliphatic heterocycles. The molecule has 0 N–H and O–H groups in total. The van der Waals surface area contributed by atoms with Crippen molar-refractivity contribution in [2.24, 2.45) is 0 Å². The molecule has 1 heterocycles. The second-order valence-electron chi connectivity index (χ2n) is 10.6. The number of hydrogen-bond acceptors (Lipinski definition) is 1. The molecule has 1 saturated heterocycles. The number of anilines is 1. The number of aryl methyl sites for hydroxylation is 2. The highest BCUT2D eigenvalue weighted by atomic mass is 15.2. The van der Waals surface area contributed by atoms with Gasteiger partial charge in [0.2, 0.25) is 0 Å². The molecule has 1 heteroatoms. The average molecular weight is 378 g/mol. The molecule has 1 nitrogen and oxygen atoms in total. The van der Waals surface area contributed by atoms with Gasteiger partial charge in [-0.25, -0.2) is 0 Å². The Hall–Kier alpha value is -1.76. The van der Waals surface area contributed by atoms with E-state index >= 15 is 0 Å². The third kappa shape index (κ3) is 3.73. The summed E-state index contributed by atoms with van der Waals surface area (Å²) in [5.74, 6) is 1.05. The summed E-state index contributed by atoms with van der Waals surface area (Å²) < 4.78 is 0. The van der Waals surface area contributed by atoms with E-state index in [0.717, 1.165) is 6.54 Å². The lowest BCUT2D eigenvalue weighted by atomic mass is 9.77. The van der Waals surface area contributed by atoms with Crippen LogP contribution in [0.4, 0.5) is 5.69 Å². The van der Waals surface area contributed by atoms with E-state index in [1.54, 1.807) is 0 Å². The molecule has 28 heavy (non-hydrogen) atoms. The molecule has 2 aromatic carbocycles. The Morgan fingerprint density at radius 2 is 1.32 bits per heavy atom. The largest absolute Gasteiger partial charge is 0.365 e. The Morgan fingerprint density at radius 3 is 1.79 bits per heavy atom. The van der Waals surface area contributed by atoms with Crippen molar-refractivity contribution in [1.82, 2.24) is 0 Å². The van der Waals surface area contributed by atoms with Gasteiger partial charge in [0.05, 0.1) is 0 Å². The third-order valence-electron chi connectivity index (χ3n) is 6.59. The number of hydrogen-bond donors (Lipinski definition) is 0. The van der Waals surface area contributed by atoms with Crippen LogP contribution in [0.2, 0.25) is 0 Å². The summed E-state index contributed by atoms with van der Waals surface area (Å²) in [5, 5.41) is 0. The zero-order valence-corrected chi connectivity index (χ0v) is 19.5. The lowest BCUT2D eigenvalue weighted by molar-refractivity contribution is 0.444. The van der Waals surface area contributed by atoms with Gasteiger partial charge in [0.15, 0.2) is 0 Å². The summed E-state index contributed by atoms with van der Waals surface area (Å²) >= 11 is 0. The predicted octanol–water partition coefficient (Wildman–Crippen LogP) is 7.50. The molecule has 0 amide bonds. The molecular weight excluding hydrogens is 338 g/mol. The monoisotopic (exact) mass is 377 g/mol. The van der Waals surface area contributed by atoms with Crippen molar-refractivity contribution >= 4 is 5.69 Å². The van der Waals surface area contributed by atoms with Gasteiger partial charge in [-0.2, -0.15) is 0 Å². The Balaban J connectivity index is 2.14. The number of nitrogens with zero attached hydrogens (tertiary/aromatic N) is 1. The molecule has 0 bridgehead atoms. The molecule has 0 unspecified atom stereocenters. The maximum atomic E-state index is 2.73. The fourth-order valence-corrected chi connectivity index (χ4v) is 5.39. The Kier molecular flexibility index (Phi) is 5.42. The first kappa shape index (κ1) is 21.0. The molecule has 0 radical (unpaired) electrons. The van der Waals surface area contributed by atoms with E-state index in [-0.39, 0.29) is 11.0 Å². The minimum absolute atomic E-state index is 0.126. The summed E-state index contributed by atoms with van der Waals surface area (Å²) in [6.07, 6.45) is 1.17. The van der Waals surface area contributed by atoms with Gasteiger partial charge in [-0.1, -0.05) is 82.1 Å². The molecule has 152 valence electrons. The molecule has 1 aliphatic rings. The molecule has 3 rings (SSSR count). The number of rotatable bonds is 4. The van der Waals surface area contributed by atoms with Crippen molar-refractivity contribution in [2.45, 2.75) is 91.5 Å². The van der Waals surface area contributed by atoms with Crippen LogP contribution >= 0.6 is 0 Å². The maximum absolute atomic E-state index is 2.73. The SMILES string of the molecule is Cc1cc(C)cc([C@@]2(C)CN(c3c(C(C)C)cccc3C(C)C)C(C)(C)C2)c1. The zero-order valence-electron chi connectivity index (χ0n) is 19.5. The van der Waals surface area contributed by atoms with E-state index in [4.69, 9.17) is 0 Å². The van der Waals surface area contributed by atoms with Gasteiger partial charge in [0.1, 0.15) is 0 Å². The first-order valence-corrected chi connectivity index (χ1v) is 10.9. The summed E-state index contributed by atoms with van der Waals surface area (Å²) in [6, 6.07) is 14.0. The lowest BCUT2D eigenvalue weighted by Gasteiger charge is -2.38. The summed E-state index contributed by atoms with van der Waals surface area (Å²) in [7, 11) is 0. The Morgan fingerprint density at radius 1 is 0.821 bits per heavy atom. The summed E-state index contributed by atoms with van der Waals surface area (Å²) in [6.45, 7) is 22.2. The van der Waals surface area contributed by atoms with Gasteiger partial charge >= 0.3 is 0 Å². The van der Waals surface area contributed by atoms with Crippen LogP contribution in [0.25, 0.3) is 0 Å². The minimum Gasteiger partial charge on any atom is -0.365 e. The van der Waals surface area contributed by atoms with Crippen LogP contribution in [0.3, 0.4) is 0 Å². The smallest absolute Gasteiger partial charge is 0.0441 e. The van der Waals surface area contributed by atoms with Crippen LogP contribution in [0.1, 0.15) is 94.5 Å². The van der Waals surface area contributed by atoms with Crippen molar-refractivity contribution in [3.8, 4) is 0 Å². The highest BCUT2D eigenvalue weighted by Gasteiger charge is 2.47. The third-order valence-corrected chi connectivity index (χ3v) is 6.59. The van der Waals surface area contributed by atoms with Gasteiger partial charge in [0, 0.05) is 23.2 Å². The topological polar surface area (TPSA) is 3.24 Å². The van der Waals surface area contributed by atoms with Crippen LogP contribution in [0, 0.1) is 13.8 Å². The van der Waals surface area contributed by atoms with Crippen molar-refractivity contribution in [3.63, 3.8) is 0 Å². The fourth-order valence-electron chi connectivity index (χ4n) is 5.39. The summed E-state index contributed by atoms with van der Waals surface area (Å²) in [5.41, 5.74) is 9.00. The molecule has 0 aliphatic carbocycles. The predicted molar refractivity (Wildman–Crippen MR) is 124 cm³/mol. The Bertz CT molecular complexity index is 812. The van der Waals surface area contributed by atoms with Crippen LogP contribution in [-0.2, 0) is 5.41 Å². The van der Waals surface area contributed by atoms with E-state index in [0.29, 0.717) is 11.8 Å². The molecule has 0 aromatic heterocycles. The van der Waals surface area contributed by atoms with E-state index in [1.807, 2.05) is 0 Å². The van der Waals surface area contributed by atoms with Gasteiger partial charge in [-0.3, -0.25) is 0 Å². The molecule has 2 aromatic rings. The highest BCUT2D eigenvalue weighted by Crippen LogP contribution is 2.49. The first-order chi connectivity index (χ1) is 12.9. The van der Waals surface area contributed by atoms with Gasteiger partial charge in [0.25, 0.3) is 0 Å². The van der Waals surface area contributed by atoms with E-state index in [2.05, 4.69) is 104 Å². The maximum Gasteiger partial charge on any atom is 0.0441 e. The van der Waals surface area contributed by atoms with Crippen molar-refractivity contribution in [2.75, 3.05) is 11.4 Å². The zero-order chi connectivity index (χ0) is 20.9. The van der Waals surface area contributed by atoms with E-state index < -0.39 is 0 Å². The van der Waals surface area contributed by atoms with Crippen LogP contribution in [0.5, 0.6) is 0 Å². The highest BCUT2D eigenvalue weighted by molar-refractivity contribution is 5.65. The minimum atomic E-state index is 0.126. The standard InChI is InChI=1S/C27H39N/c1-18(2)23-11-10-12-24(19(3)4)25(23)28-17-27(9,16-26(28,7)8)22-14-20(5)13-21(6)15-22/h10-15,18-19H,16-17H2,1-9H3/t27-/m1/s1. The molecule has 0 spiro atoms.